The van der Waals surface area contributed by atoms with E-state index in [1.165, 1.54) is 0 Å². The van der Waals surface area contributed by atoms with Crippen LogP contribution in [0.15, 0.2) is 91.0 Å². The Labute approximate surface area is 228 Å². The largest absolute Gasteiger partial charge is 0.427 e. The van der Waals surface area contributed by atoms with Crippen molar-refractivity contribution in [2.45, 2.75) is 44.9 Å². The number of unbranched alkanes of at least 4 members (excludes halogenated alkanes) is 4. The van der Waals surface area contributed by atoms with E-state index in [0.29, 0.717) is 28.9 Å². The molecule has 0 amide bonds. The molecule has 5 heteroatoms. The van der Waals surface area contributed by atoms with Crippen LogP contribution in [0.1, 0.15) is 55.2 Å². The van der Waals surface area contributed by atoms with Crippen molar-refractivity contribution >= 4 is 5.97 Å². The van der Waals surface area contributed by atoms with E-state index in [1.54, 1.807) is 60.7 Å². The number of hydrogen-bond donors (Lipinski definition) is 0. The molecule has 0 fully saturated rings. The molecule has 0 heterocycles. The predicted molar refractivity (Wildman–Crippen MR) is 150 cm³/mol. The smallest absolute Gasteiger partial charge is 0.311 e. The molecular weight excluding hydrogens is 487 g/mol. The summed E-state index contributed by atoms with van der Waals surface area (Å²) in [6, 6.07) is 31.2. The summed E-state index contributed by atoms with van der Waals surface area (Å²) in [5, 5.41) is 17.8. The van der Waals surface area contributed by atoms with Gasteiger partial charge < -0.3 is 4.74 Å². The normalized spacial score (nSPS) is 10.4. The number of benzene rings is 4. The quantitative estimate of drug-likeness (QED) is 0.114. The summed E-state index contributed by atoms with van der Waals surface area (Å²) in [6.07, 6.45) is 5.90. The molecule has 0 saturated carbocycles. The zero-order valence-electron chi connectivity index (χ0n) is 21.7. The van der Waals surface area contributed by atoms with E-state index in [1.807, 2.05) is 30.3 Å². The zero-order chi connectivity index (χ0) is 27.5. The number of nitrogens with zero attached hydrogens (tertiary/aromatic N) is 2. The molecule has 4 aromatic carbocycles. The Balaban J connectivity index is 1.12. The summed E-state index contributed by atoms with van der Waals surface area (Å²) in [5.41, 5.74) is 5.43. The molecule has 4 nitrogen and oxygen atoms in total. The summed E-state index contributed by atoms with van der Waals surface area (Å²) >= 11 is 0. The van der Waals surface area contributed by atoms with Gasteiger partial charge in [0.05, 0.1) is 23.3 Å². The van der Waals surface area contributed by atoms with Crippen LogP contribution in [0.25, 0.3) is 22.3 Å². The summed E-state index contributed by atoms with van der Waals surface area (Å²) in [7, 11) is 0. The molecule has 0 aliphatic heterocycles. The minimum absolute atomic E-state index is 0.237. The molecular formula is C34H29FN2O2. The molecule has 0 aliphatic rings. The average molecular weight is 517 g/mol. The van der Waals surface area contributed by atoms with Crippen molar-refractivity contribution in [3.63, 3.8) is 0 Å². The second-order valence-electron chi connectivity index (χ2n) is 9.46. The summed E-state index contributed by atoms with van der Waals surface area (Å²) in [5.74, 6) is 0.0356. The monoisotopic (exact) mass is 516 g/mol. The Morgan fingerprint density at radius 1 is 0.667 bits per heavy atom. The molecule has 4 aromatic rings. The van der Waals surface area contributed by atoms with E-state index in [-0.39, 0.29) is 11.8 Å². The Morgan fingerprint density at radius 3 is 1.79 bits per heavy atom. The van der Waals surface area contributed by atoms with E-state index in [2.05, 4.69) is 12.1 Å². The zero-order valence-corrected chi connectivity index (χ0v) is 21.7. The topological polar surface area (TPSA) is 73.9 Å². The van der Waals surface area contributed by atoms with E-state index in [9.17, 15) is 9.18 Å². The van der Waals surface area contributed by atoms with Crippen LogP contribution < -0.4 is 4.74 Å². The van der Waals surface area contributed by atoms with Crippen molar-refractivity contribution < 1.29 is 13.9 Å². The first-order valence-corrected chi connectivity index (χ1v) is 13.2. The number of aryl methyl sites for hydroxylation is 1. The molecule has 0 unspecified atom stereocenters. The average Bonchev–Trinajstić information content (AvgIpc) is 2.97. The molecule has 194 valence electrons. The molecule has 0 N–H and O–H groups in total. The molecule has 39 heavy (non-hydrogen) atoms. The van der Waals surface area contributed by atoms with Gasteiger partial charge in [0.25, 0.3) is 0 Å². The highest BCUT2D eigenvalue weighted by Crippen LogP contribution is 2.25. The van der Waals surface area contributed by atoms with Crippen molar-refractivity contribution in [2.24, 2.45) is 0 Å². The third kappa shape index (κ3) is 7.87. The lowest BCUT2D eigenvalue weighted by Gasteiger charge is -2.08. The Kier molecular flexibility index (Phi) is 9.59. The van der Waals surface area contributed by atoms with Crippen LogP contribution in [0.4, 0.5) is 4.39 Å². The molecule has 0 radical (unpaired) electrons. The molecule has 4 rings (SSSR count). The van der Waals surface area contributed by atoms with Crippen LogP contribution in [0.3, 0.4) is 0 Å². The van der Waals surface area contributed by atoms with Gasteiger partial charge >= 0.3 is 5.97 Å². The summed E-state index contributed by atoms with van der Waals surface area (Å²) in [6.45, 7) is 0. The maximum Gasteiger partial charge on any atom is 0.311 e. The van der Waals surface area contributed by atoms with E-state index >= 15 is 0 Å². The Hall–Kier alpha value is -4.74. The minimum atomic E-state index is -0.250. The van der Waals surface area contributed by atoms with Gasteiger partial charge in [0.2, 0.25) is 0 Å². The first-order valence-electron chi connectivity index (χ1n) is 13.2. The van der Waals surface area contributed by atoms with Gasteiger partial charge in [-0.05, 0) is 84.0 Å². The van der Waals surface area contributed by atoms with Gasteiger partial charge in [0, 0.05) is 12.0 Å². The van der Waals surface area contributed by atoms with Crippen molar-refractivity contribution in [1.82, 2.24) is 0 Å². The fraction of sp³-hybridized carbons (Fsp3) is 0.206. The number of hydrogen-bond acceptors (Lipinski definition) is 4. The first-order chi connectivity index (χ1) is 19.1. The van der Waals surface area contributed by atoms with Gasteiger partial charge in [-0.3, -0.25) is 4.79 Å². The minimum Gasteiger partial charge on any atom is -0.427 e. The molecule has 0 aromatic heterocycles. The van der Waals surface area contributed by atoms with Crippen LogP contribution in [0.5, 0.6) is 5.75 Å². The van der Waals surface area contributed by atoms with Crippen LogP contribution in [-0.4, -0.2) is 5.97 Å². The fourth-order valence-corrected chi connectivity index (χ4v) is 4.44. The van der Waals surface area contributed by atoms with Crippen LogP contribution >= 0.6 is 0 Å². The summed E-state index contributed by atoms with van der Waals surface area (Å²) < 4.78 is 20.1. The highest BCUT2D eigenvalue weighted by atomic mass is 19.1. The lowest BCUT2D eigenvalue weighted by atomic mass is 9.99. The number of nitriles is 2. The van der Waals surface area contributed by atoms with Crippen LogP contribution in [0.2, 0.25) is 0 Å². The first kappa shape index (κ1) is 27.3. The maximum atomic E-state index is 14.6. The van der Waals surface area contributed by atoms with Crippen molar-refractivity contribution in [3.05, 3.63) is 114 Å². The lowest BCUT2D eigenvalue weighted by Crippen LogP contribution is -2.07. The number of carbonyl (C=O) groups is 1. The number of esters is 1. The third-order valence-corrected chi connectivity index (χ3v) is 6.64. The predicted octanol–water partition coefficient (Wildman–Crippen LogP) is 8.39. The van der Waals surface area contributed by atoms with Crippen molar-refractivity contribution in [3.8, 4) is 40.1 Å². The van der Waals surface area contributed by atoms with Crippen LogP contribution in [-0.2, 0) is 11.2 Å². The number of carbonyl (C=O) groups excluding carboxylic acids is 1. The standard InChI is InChI=1S/C34H29FN2O2/c35-33-22-25(12-21-32(33)30-15-10-27(24-37)11-16-30)6-4-2-1-3-5-7-34(38)39-31-19-17-29(18-20-31)28-13-8-26(23-36)9-14-28/h8-22H,1-7H2. The van der Waals surface area contributed by atoms with Crippen molar-refractivity contribution in [2.75, 3.05) is 0 Å². The number of halogens is 1. The van der Waals surface area contributed by atoms with Gasteiger partial charge in [-0.2, -0.15) is 10.5 Å². The maximum absolute atomic E-state index is 14.6. The van der Waals surface area contributed by atoms with E-state index in [4.69, 9.17) is 15.3 Å². The molecule has 0 spiro atoms. The lowest BCUT2D eigenvalue weighted by molar-refractivity contribution is -0.134. The summed E-state index contributed by atoms with van der Waals surface area (Å²) in [4.78, 5) is 12.2. The van der Waals surface area contributed by atoms with Crippen LogP contribution in [0, 0.1) is 28.5 Å². The molecule has 0 aliphatic carbocycles. The van der Waals surface area contributed by atoms with E-state index < -0.39 is 0 Å². The molecule has 0 atom stereocenters. The molecule has 0 saturated heterocycles. The SMILES string of the molecule is N#Cc1ccc(-c2ccc(OC(=O)CCCCCCCc3ccc(-c4ccc(C#N)cc4)c(F)c3)cc2)cc1. The Bertz CT molecular complexity index is 1480. The third-order valence-electron chi connectivity index (χ3n) is 6.64. The highest BCUT2D eigenvalue weighted by molar-refractivity contribution is 5.73. The second-order valence-corrected chi connectivity index (χ2v) is 9.46. The second kappa shape index (κ2) is 13.7. The molecule has 0 bridgehead atoms. The van der Waals surface area contributed by atoms with Gasteiger partial charge in [0.15, 0.2) is 0 Å². The van der Waals surface area contributed by atoms with E-state index in [0.717, 1.165) is 60.8 Å². The number of ether oxygens (including phenoxy) is 1. The van der Waals surface area contributed by atoms with Crippen molar-refractivity contribution in [1.29, 1.82) is 10.5 Å². The highest BCUT2D eigenvalue weighted by Gasteiger charge is 2.08. The number of rotatable bonds is 11. The fourth-order valence-electron chi connectivity index (χ4n) is 4.44. The van der Waals surface area contributed by atoms with Gasteiger partial charge in [-0.1, -0.05) is 67.8 Å². The Morgan fingerprint density at radius 2 is 1.21 bits per heavy atom. The van der Waals surface area contributed by atoms with Gasteiger partial charge in [-0.25, -0.2) is 4.39 Å². The van der Waals surface area contributed by atoms with Gasteiger partial charge in [0.1, 0.15) is 11.6 Å². The van der Waals surface area contributed by atoms with Gasteiger partial charge in [-0.15, -0.1) is 0 Å².